The Morgan fingerprint density at radius 2 is 1.40 bits per heavy atom. The van der Waals surface area contributed by atoms with Gasteiger partial charge in [-0.3, -0.25) is 4.79 Å². The average molecular weight is 225 g/mol. The lowest BCUT2D eigenvalue weighted by Crippen LogP contribution is -2.35. The largest absolute Gasteiger partial charge is 0.481 e. The van der Waals surface area contributed by atoms with Gasteiger partial charge >= 0.3 is 0 Å². The van der Waals surface area contributed by atoms with Gasteiger partial charge in [0, 0.05) is 20.0 Å². The monoisotopic (exact) mass is 225 g/mol. The van der Waals surface area contributed by atoms with Gasteiger partial charge in [0.15, 0.2) is 0 Å². The van der Waals surface area contributed by atoms with Crippen LogP contribution >= 0.6 is 0 Å². The van der Waals surface area contributed by atoms with E-state index in [4.69, 9.17) is 30.3 Å². The van der Waals surface area contributed by atoms with Crippen LogP contribution in [0.1, 0.15) is 6.92 Å². The zero-order valence-corrected chi connectivity index (χ0v) is 8.63. The van der Waals surface area contributed by atoms with Gasteiger partial charge in [0.2, 0.25) is 0 Å². The predicted molar refractivity (Wildman–Crippen MR) is 52.4 cm³/mol. The quantitative estimate of drug-likeness (QED) is 0.291. The topological polar surface area (TPSA) is 130 Å². The number of aliphatic hydroxyl groups excluding tert-OH is 4. The van der Waals surface area contributed by atoms with Crippen molar-refractivity contribution >= 4 is 5.97 Å². The molecule has 2 unspecified atom stereocenters. The molecule has 0 aromatic rings. The summed E-state index contributed by atoms with van der Waals surface area (Å²) in [6.45, 7) is 0.908. The first-order chi connectivity index (χ1) is 6.93. The lowest BCUT2D eigenvalue weighted by atomic mass is 10.3. The second kappa shape index (κ2) is 11.3. The summed E-state index contributed by atoms with van der Waals surface area (Å²) < 4.78 is 0. The fourth-order valence-corrected chi connectivity index (χ4v) is 0.546. The minimum Gasteiger partial charge on any atom is -0.481 e. The van der Waals surface area contributed by atoms with Crippen molar-refractivity contribution in [1.82, 2.24) is 5.32 Å². The molecule has 0 aromatic carbocycles. The van der Waals surface area contributed by atoms with E-state index in [-0.39, 0.29) is 26.3 Å². The van der Waals surface area contributed by atoms with Gasteiger partial charge < -0.3 is 30.8 Å². The van der Waals surface area contributed by atoms with Crippen LogP contribution in [-0.4, -0.2) is 70.0 Å². The fourth-order valence-electron chi connectivity index (χ4n) is 0.546. The van der Waals surface area contributed by atoms with Crippen LogP contribution in [0, 0.1) is 0 Å². The van der Waals surface area contributed by atoms with Crippen LogP contribution in [0.3, 0.4) is 0 Å². The van der Waals surface area contributed by atoms with Crippen LogP contribution in [0.2, 0.25) is 0 Å². The molecule has 92 valence electrons. The number of aliphatic carboxylic acids is 1. The van der Waals surface area contributed by atoms with Gasteiger partial charge in [-0.15, -0.1) is 0 Å². The number of carbonyl (C=O) groups is 1. The number of carboxylic acids is 1. The normalized spacial score (nSPS) is 13.7. The van der Waals surface area contributed by atoms with E-state index < -0.39 is 18.2 Å². The highest BCUT2D eigenvalue weighted by Gasteiger charge is 2.03. The van der Waals surface area contributed by atoms with Gasteiger partial charge in [-0.05, 0) is 0 Å². The van der Waals surface area contributed by atoms with Gasteiger partial charge in [0.25, 0.3) is 5.97 Å². The molecule has 0 aliphatic rings. The molecule has 0 rings (SSSR count). The maximum atomic E-state index is 9.00. The van der Waals surface area contributed by atoms with Crippen LogP contribution in [0.4, 0.5) is 0 Å². The molecule has 0 aliphatic carbocycles. The molecule has 0 amide bonds. The molecule has 7 heteroatoms. The number of nitrogens with one attached hydrogen (secondary N) is 1. The van der Waals surface area contributed by atoms with Crippen LogP contribution in [0.5, 0.6) is 0 Å². The number of rotatable bonds is 6. The minimum atomic E-state index is -0.833. The van der Waals surface area contributed by atoms with Crippen LogP contribution < -0.4 is 5.32 Å². The van der Waals surface area contributed by atoms with Crippen molar-refractivity contribution in [2.45, 2.75) is 19.1 Å². The first kappa shape index (κ1) is 16.7. The first-order valence-electron chi connectivity index (χ1n) is 4.42. The Morgan fingerprint density at radius 1 is 1.13 bits per heavy atom. The molecule has 0 aromatic heterocycles. The zero-order valence-electron chi connectivity index (χ0n) is 8.63. The van der Waals surface area contributed by atoms with E-state index >= 15 is 0 Å². The summed E-state index contributed by atoms with van der Waals surface area (Å²) in [4.78, 5) is 9.00. The number of carboxylic acid groups (broad SMARTS) is 1. The maximum absolute atomic E-state index is 9.00. The van der Waals surface area contributed by atoms with Crippen molar-refractivity contribution < 1.29 is 30.3 Å². The molecule has 15 heavy (non-hydrogen) atoms. The smallest absolute Gasteiger partial charge is 0.300 e. The molecule has 0 saturated carbocycles. The number of hydrogen-bond acceptors (Lipinski definition) is 6. The van der Waals surface area contributed by atoms with Gasteiger partial charge in [0.05, 0.1) is 25.4 Å². The molecule has 0 radical (unpaired) electrons. The Morgan fingerprint density at radius 3 is 1.60 bits per heavy atom. The van der Waals surface area contributed by atoms with Crippen molar-refractivity contribution in [1.29, 1.82) is 0 Å². The second-order valence-electron chi connectivity index (χ2n) is 2.85. The highest BCUT2D eigenvalue weighted by Crippen LogP contribution is 1.79. The van der Waals surface area contributed by atoms with E-state index in [1.54, 1.807) is 0 Å². The maximum Gasteiger partial charge on any atom is 0.300 e. The average Bonchev–Trinajstić information content (AvgIpc) is 2.16. The molecule has 0 heterocycles. The Labute approximate surface area is 88.0 Å². The molecular formula is C8H19NO6. The summed E-state index contributed by atoms with van der Waals surface area (Å²) in [5, 5.41) is 44.4. The van der Waals surface area contributed by atoms with E-state index in [9.17, 15) is 0 Å². The summed E-state index contributed by atoms with van der Waals surface area (Å²) in [5.74, 6) is -0.833. The van der Waals surface area contributed by atoms with Gasteiger partial charge in [-0.2, -0.15) is 0 Å². The van der Waals surface area contributed by atoms with E-state index in [2.05, 4.69) is 5.32 Å². The highest BCUT2D eigenvalue weighted by atomic mass is 16.4. The third-order valence-corrected chi connectivity index (χ3v) is 1.18. The Hall–Kier alpha value is -0.730. The lowest BCUT2D eigenvalue weighted by molar-refractivity contribution is -0.134. The second-order valence-corrected chi connectivity index (χ2v) is 2.85. The SMILES string of the molecule is CC(=O)O.OCC(O)CNCC(O)CO. The number of hydrogen-bond donors (Lipinski definition) is 6. The first-order valence-corrected chi connectivity index (χ1v) is 4.42. The molecular weight excluding hydrogens is 206 g/mol. The molecule has 0 aliphatic heterocycles. The van der Waals surface area contributed by atoms with Gasteiger partial charge in [-0.25, -0.2) is 0 Å². The summed E-state index contributed by atoms with van der Waals surface area (Å²) in [6.07, 6.45) is -1.61. The Bertz CT molecular complexity index is 140. The lowest BCUT2D eigenvalue weighted by Gasteiger charge is -2.10. The van der Waals surface area contributed by atoms with E-state index in [0.29, 0.717) is 0 Å². The zero-order chi connectivity index (χ0) is 12.3. The van der Waals surface area contributed by atoms with E-state index in [1.807, 2.05) is 0 Å². The van der Waals surface area contributed by atoms with Crippen LogP contribution in [0.15, 0.2) is 0 Å². The molecule has 0 fully saturated rings. The molecule has 2 atom stereocenters. The van der Waals surface area contributed by atoms with Crippen molar-refractivity contribution in [3.8, 4) is 0 Å². The third-order valence-electron chi connectivity index (χ3n) is 1.18. The van der Waals surface area contributed by atoms with Crippen molar-refractivity contribution in [3.63, 3.8) is 0 Å². The van der Waals surface area contributed by atoms with Crippen LogP contribution in [-0.2, 0) is 4.79 Å². The number of aliphatic hydroxyl groups is 4. The standard InChI is InChI=1S/C6H15NO4.C2H4O2/c8-3-5(10)1-7-2-6(11)4-9;1-2(3)4/h5-11H,1-4H2;1H3,(H,3,4). The van der Waals surface area contributed by atoms with Crippen molar-refractivity contribution in [2.75, 3.05) is 26.3 Å². The fraction of sp³-hybridized carbons (Fsp3) is 0.875. The van der Waals surface area contributed by atoms with E-state index in [1.165, 1.54) is 0 Å². The molecule has 0 spiro atoms. The molecule has 7 nitrogen and oxygen atoms in total. The molecule has 0 bridgehead atoms. The van der Waals surface area contributed by atoms with Gasteiger partial charge in [-0.1, -0.05) is 0 Å². The Balaban J connectivity index is 0. The summed E-state index contributed by atoms with van der Waals surface area (Å²) in [7, 11) is 0. The molecule has 6 N–H and O–H groups in total. The van der Waals surface area contributed by atoms with Crippen molar-refractivity contribution in [2.24, 2.45) is 0 Å². The Kier molecular flexibility index (Phi) is 12.6. The van der Waals surface area contributed by atoms with Crippen LogP contribution in [0.25, 0.3) is 0 Å². The molecule has 0 saturated heterocycles. The highest BCUT2D eigenvalue weighted by molar-refractivity contribution is 5.62. The van der Waals surface area contributed by atoms with E-state index in [0.717, 1.165) is 6.92 Å². The third kappa shape index (κ3) is 19.6. The van der Waals surface area contributed by atoms with Crippen molar-refractivity contribution in [3.05, 3.63) is 0 Å². The predicted octanol–water partition coefficient (Wildman–Crippen LogP) is -2.63. The summed E-state index contributed by atoms with van der Waals surface area (Å²) in [5.41, 5.74) is 0. The van der Waals surface area contributed by atoms with Gasteiger partial charge in [0.1, 0.15) is 0 Å². The summed E-state index contributed by atoms with van der Waals surface area (Å²) in [6, 6.07) is 0. The summed E-state index contributed by atoms with van der Waals surface area (Å²) >= 11 is 0. The minimum absolute atomic E-state index is 0.216.